The molecule has 1 heterocycles. The Bertz CT molecular complexity index is 547. The number of aromatic carboxylic acids is 1. The maximum Gasteiger partial charge on any atom is 0.336 e. The first-order chi connectivity index (χ1) is 8.27. The second-order valence-corrected chi connectivity index (χ2v) is 3.51. The zero-order chi connectivity index (χ0) is 12.1. The molecule has 1 N–H and O–H groups in total. The number of carboxylic acids is 1. The molecule has 2 aromatic rings. The Morgan fingerprint density at radius 3 is 2.59 bits per heavy atom. The fourth-order valence-electron chi connectivity index (χ4n) is 1.48. The largest absolute Gasteiger partial charge is 0.478 e. The van der Waals surface area contributed by atoms with Gasteiger partial charge in [0.05, 0.1) is 5.56 Å². The summed E-state index contributed by atoms with van der Waals surface area (Å²) in [4.78, 5) is 14.9. The number of carbonyl (C=O) groups is 1. The number of aromatic nitrogens is 1. The van der Waals surface area contributed by atoms with Crippen LogP contribution >= 0.6 is 0 Å². The molecule has 1 aromatic heterocycles. The van der Waals surface area contributed by atoms with Gasteiger partial charge in [-0.05, 0) is 11.6 Å². The zero-order valence-electron chi connectivity index (χ0n) is 9.08. The van der Waals surface area contributed by atoms with Crippen molar-refractivity contribution in [1.29, 1.82) is 0 Å². The van der Waals surface area contributed by atoms with Crippen LogP contribution in [0, 0.1) is 0 Å². The fraction of sp³-hybridized carbons (Fsp3) is 0. The second-order valence-electron chi connectivity index (χ2n) is 3.51. The van der Waals surface area contributed by atoms with E-state index in [0.717, 1.165) is 5.56 Å². The van der Waals surface area contributed by atoms with Crippen molar-refractivity contribution in [2.45, 2.75) is 0 Å². The number of hydrogen-bond donors (Lipinski definition) is 1. The van der Waals surface area contributed by atoms with Gasteiger partial charge in [-0.1, -0.05) is 42.5 Å². The molecule has 0 aliphatic carbocycles. The van der Waals surface area contributed by atoms with Crippen LogP contribution in [-0.4, -0.2) is 16.1 Å². The average Bonchev–Trinajstić information content (AvgIpc) is 2.38. The highest BCUT2D eigenvalue weighted by molar-refractivity contribution is 5.93. The number of rotatable bonds is 3. The average molecular weight is 225 g/mol. The minimum atomic E-state index is -0.944. The smallest absolute Gasteiger partial charge is 0.336 e. The second kappa shape index (κ2) is 5.07. The predicted molar refractivity (Wildman–Crippen MR) is 66.6 cm³/mol. The molecular weight excluding hydrogens is 214 g/mol. The summed E-state index contributed by atoms with van der Waals surface area (Å²) in [6.45, 7) is 0. The maximum atomic E-state index is 11.0. The Kier molecular flexibility index (Phi) is 3.31. The number of benzene rings is 1. The van der Waals surface area contributed by atoms with Crippen LogP contribution in [0.1, 0.15) is 21.5 Å². The summed E-state index contributed by atoms with van der Waals surface area (Å²) in [5.74, 6) is -0.944. The fourth-order valence-corrected chi connectivity index (χ4v) is 1.48. The maximum absolute atomic E-state index is 11.0. The van der Waals surface area contributed by atoms with Gasteiger partial charge in [-0.15, -0.1) is 0 Å². The van der Waals surface area contributed by atoms with E-state index in [1.54, 1.807) is 12.3 Å². The van der Waals surface area contributed by atoms with E-state index in [2.05, 4.69) is 4.98 Å². The highest BCUT2D eigenvalue weighted by Crippen LogP contribution is 2.11. The van der Waals surface area contributed by atoms with Crippen LogP contribution in [0.25, 0.3) is 12.2 Å². The monoisotopic (exact) mass is 225 g/mol. The lowest BCUT2D eigenvalue weighted by atomic mass is 10.1. The molecule has 2 rings (SSSR count). The van der Waals surface area contributed by atoms with Crippen molar-refractivity contribution in [3.63, 3.8) is 0 Å². The summed E-state index contributed by atoms with van der Waals surface area (Å²) in [6.07, 6.45) is 6.64. The topological polar surface area (TPSA) is 50.2 Å². The number of pyridine rings is 1. The van der Waals surface area contributed by atoms with E-state index in [-0.39, 0.29) is 5.56 Å². The van der Waals surface area contributed by atoms with Crippen molar-refractivity contribution in [3.05, 3.63) is 65.5 Å². The van der Waals surface area contributed by atoms with Gasteiger partial charge >= 0.3 is 5.97 Å². The third-order valence-corrected chi connectivity index (χ3v) is 2.34. The third-order valence-electron chi connectivity index (χ3n) is 2.34. The summed E-state index contributed by atoms with van der Waals surface area (Å²) in [5.41, 5.74) is 1.88. The van der Waals surface area contributed by atoms with Crippen LogP contribution in [0.2, 0.25) is 0 Å². The van der Waals surface area contributed by atoms with Gasteiger partial charge in [0, 0.05) is 18.0 Å². The molecule has 0 amide bonds. The third kappa shape index (κ3) is 2.78. The van der Waals surface area contributed by atoms with Crippen molar-refractivity contribution in [2.24, 2.45) is 0 Å². The van der Waals surface area contributed by atoms with Crippen LogP contribution in [0.3, 0.4) is 0 Å². The van der Waals surface area contributed by atoms with E-state index < -0.39 is 5.97 Å². The summed E-state index contributed by atoms with van der Waals surface area (Å²) < 4.78 is 0. The van der Waals surface area contributed by atoms with Gasteiger partial charge in [0.2, 0.25) is 0 Å². The molecule has 1 aromatic carbocycles. The molecule has 0 radical (unpaired) electrons. The summed E-state index contributed by atoms with van der Waals surface area (Å²) in [5, 5.41) is 9.00. The van der Waals surface area contributed by atoms with Crippen LogP contribution < -0.4 is 0 Å². The van der Waals surface area contributed by atoms with Crippen molar-refractivity contribution in [3.8, 4) is 0 Å². The highest BCUT2D eigenvalue weighted by atomic mass is 16.4. The quantitative estimate of drug-likeness (QED) is 0.873. The van der Waals surface area contributed by atoms with E-state index in [4.69, 9.17) is 5.11 Å². The molecule has 17 heavy (non-hydrogen) atoms. The molecular formula is C14H11NO2. The van der Waals surface area contributed by atoms with Crippen molar-refractivity contribution in [2.75, 3.05) is 0 Å². The van der Waals surface area contributed by atoms with Crippen molar-refractivity contribution in [1.82, 2.24) is 4.98 Å². The minimum absolute atomic E-state index is 0.257. The lowest BCUT2D eigenvalue weighted by Gasteiger charge is -1.99. The van der Waals surface area contributed by atoms with E-state index in [9.17, 15) is 4.79 Å². The molecule has 3 nitrogen and oxygen atoms in total. The Labute approximate surface area is 99.1 Å². The van der Waals surface area contributed by atoms with Crippen LogP contribution in [0.5, 0.6) is 0 Å². The highest BCUT2D eigenvalue weighted by Gasteiger charge is 2.06. The van der Waals surface area contributed by atoms with Gasteiger partial charge in [-0.3, -0.25) is 4.98 Å². The Morgan fingerprint density at radius 1 is 1.12 bits per heavy atom. The van der Waals surface area contributed by atoms with E-state index in [1.165, 1.54) is 12.3 Å². The van der Waals surface area contributed by atoms with Gasteiger partial charge in [0.25, 0.3) is 0 Å². The summed E-state index contributed by atoms with van der Waals surface area (Å²) in [7, 11) is 0. The van der Waals surface area contributed by atoms with Crippen molar-refractivity contribution >= 4 is 18.1 Å². The molecule has 0 atom stereocenters. The van der Waals surface area contributed by atoms with Gasteiger partial charge in [-0.25, -0.2) is 4.79 Å². The molecule has 0 bridgehead atoms. The van der Waals surface area contributed by atoms with Crippen LogP contribution in [0.4, 0.5) is 0 Å². The van der Waals surface area contributed by atoms with Crippen molar-refractivity contribution < 1.29 is 9.90 Å². The molecule has 0 saturated carbocycles. The first-order valence-electron chi connectivity index (χ1n) is 5.18. The van der Waals surface area contributed by atoms with Crippen LogP contribution in [-0.2, 0) is 0 Å². The molecule has 3 heteroatoms. The van der Waals surface area contributed by atoms with Gasteiger partial charge in [0.15, 0.2) is 0 Å². The first kappa shape index (κ1) is 11.1. The lowest BCUT2D eigenvalue weighted by molar-refractivity contribution is 0.0696. The zero-order valence-corrected chi connectivity index (χ0v) is 9.08. The number of hydrogen-bond acceptors (Lipinski definition) is 2. The Morgan fingerprint density at radius 2 is 1.88 bits per heavy atom. The lowest BCUT2D eigenvalue weighted by Crippen LogP contribution is -1.99. The molecule has 0 fully saturated rings. The summed E-state index contributed by atoms with van der Waals surface area (Å²) >= 11 is 0. The molecule has 84 valence electrons. The molecule has 0 spiro atoms. The standard InChI is InChI=1S/C14H11NO2/c16-14(17)13-8-9-15-10-12(13)7-6-11-4-2-1-3-5-11/h1-10H,(H,16,17). The van der Waals surface area contributed by atoms with E-state index >= 15 is 0 Å². The Hall–Kier alpha value is -2.42. The first-order valence-corrected chi connectivity index (χ1v) is 5.18. The van der Waals surface area contributed by atoms with E-state index in [1.807, 2.05) is 36.4 Å². The normalized spacial score (nSPS) is 10.6. The SMILES string of the molecule is O=C(O)c1ccncc1C=Cc1ccccc1. The molecule has 0 aliphatic heterocycles. The number of nitrogens with zero attached hydrogens (tertiary/aromatic N) is 1. The summed E-state index contributed by atoms with van der Waals surface area (Å²) in [6, 6.07) is 11.2. The van der Waals surface area contributed by atoms with Gasteiger partial charge in [-0.2, -0.15) is 0 Å². The molecule has 0 aliphatic rings. The van der Waals surface area contributed by atoms with Gasteiger partial charge < -0.3 is 5.11 Å². The number of carboxylic acid groups (broad SMARTS) is 1. The Balaban J connectivity index is 2.30. The minimum Gasteiger partial charge on any atom is -0.478 e. The predicted octanol–water partition coefficient (Wildman–Crippen LogP) is 2.95. The van der Waals surface area contributed by atoms with Crippen LogP contribution in [0.15, 0.2) is 48.8 Å². The molecule has 0 unspecified atom stereocenters. The van der Waals surface area contributed by atoms with Gasteiger partial charge in [0.1, 0.15) is 0 Å². The van der Waals surface area contributed by atoms with E-state index in [0.29, 0.717) is 5.56 Å². The molecule has 0 saturated heterocycles.